The lowest BCUT2D eigenvalue weighted by Gasteiger charge is -2.20. The molecule has 0 saturated heterocycles. The first-order valence-corrected chi connectivity index (χ1v) is 8.07. The number of anilines is 1. The summed E-state index contributed by atoms with van der Waals surface area (Å²) < 4.78 is 1.12. The van der Waals surface area contributed by atoms with E-state index in [1.807, 2.05) is 23.6 Å². The SMILES string of the molecule is O=C(Nc1cccc2c1CNCC2)c1csc(I)c1. The highest BCUT2D eigenvalue weighted by molar-refractivity contribution is 14.1. The van der Waals surface area contributed by atoms with Crippen molar-refractivity contribution in [2.24, 2.45) is 0 Å². The molecule has 3 nitrogen and oxygen atoms in total. The zero-order valence-electron chi connectivity index (χ0n) is 10.2. The van der Waals surface area contributed by atoms with E-state index in [4.69, 9.17) is 0 Å². The number of carbonyl (C=O) groups excluding carboxylic acids is 1. The monoisotopic (exact) mass is 384 g/mol. The molecule has 5 heteroatoms. The van der Waals surface area contributed by atoms with Gasteiger partial charge in [-0.3, -0.25) is 4.79 Å². The molecular weight excluding hydrogens is 371 g/mol. The molecule has 0 bridgehead atoms. The van der Waals surface area contributed by atoms with Crippen LogP contribution in [0.2, 0.25) is 0 Å². The van der Waals surface area contributed by atoms with Crippen molar-refractivity contribution in [2.75, 3.05) is 11.9 Å². The van der Waals surface area contributed by atoms with Crippen molar-refractivity contribution in [3.63, 3.8) is 0 Å². The van der Waals surface area contributed by atoms with Crippen molar-refractivity contribution in [1.29, 1.82) is 0 Å². The highest BCUT2D eigenvalue weighted by Gasteiger charge is 2.15. The molecule has 19 heavy (non-hydrogen) atoms. The van der Waals surface area contributed by atoms with Crippen LogP contribution in [0.15, 0.2) is 29.6 Å². The quantitative estimate of drug-likeness (QED) is 0.781. The Kier molecular flexibility index (Phi) is 3.86. The molecule has 2 heterocycles. The first kappa shape index (κ1) is 13.1. The molecule has 0 aliphatic carbocycles. The normalized spacial score (nSPS) is 13.9. The summed E-state index contributed by atoms with van der Waals surface area (Å²) >= 11 is 3.81. The summed E-state index contributed by atoms with van der Waals surface area (Å²) in [5, 5.41) is 8.27. The van der Waals surface area contributed by atoms with Crippen LogP contribution in [0.4, 0.5) is 5.69 Å². The Morgan fingerprint density at radius 2 is 2.32 bits per heavy atom. The predicted molar refractivity (Wildman–Crippen MR) is 86.8 cm³/mol. The number of carbonyl (C=O) groups is 1. The molecule has 0 saturated carbocycles. The van der Waals surface area contributed by atoms with E-state index >= 15 is 0 Å². The van der Waals surface area contributed by atoms with Crippen LogP contribution in [0.3, 0.4) is 0 Å². The van der Waals surface area contributed by atoms with Crippen molar-refractivity contribution < 1.29 is 4.79 Å². The van der Waals surface area contributed by atoms with Gasteiger partial charge >= 0.3 is 0 Å². The summed E-state index contributed by atoms with van der Waals surface area (Å²) in [5.41, 5.74) is 4.20. The molecule has 3 rings (SSSR count). The van der Waals surface area contributed by atoms with Gasteiger partial charge in [0.25, 0.3) is 5.91 Å². The summed E-state index contributed by atoms with van der Waals surface area (Å²) in [4.78, 5) is 12.2. The first-order valence-electron chi connectivity index (χ1n) is 6.11. The Morgan fingerprint density at radius 3 is 3.11 bits per heavy atom. The number of thiophene rings is 1. The van der Waals surface area contributed by atoms with Gasteiger partial charge in [-0.2, -0.15) is 0 Å². The fraction of sp³-hybridized carbons (Fsp3) is 0.214. The van der Waals surface area contributed by atoms with Gasteiger partial charge in [-0.25, -0.2) is 0 Å². The second-order valence-electron chi connectivity index (χ2n) is 4.46. The Balaban J connectivity index is 1.85. The second kappa shape index (κ2) is 5.60. The standard InChI is InChI=1S/C14H13IN2OS/c15-13-6-10(8-19-13)14(18)17-12-3-1-2-9-4-5-16-7-11(9)12/h1-3,6,8,16H,4-5,7H2,(H,17,18). The van der Waals surface area contributed by atoms with E-state index < -0.39 is 0 Å². The molecule has 0 radical (unpaired) electrons. The topological polar surface area (TPSA) is 41.1 Å². The molecule has 0 atom stereocenters. The van der Waals surface area contributed by atoms with Crippen molar-refractivity contribution >= 4 is 45.5 Å². The maximum atomic E-state index is 12.2. The molecule has 1 aliphatic rings. The van der Waals surface area contributed by atoms with Gasteiger partial charge in [0, 0.05) is 17.6 Å². The fourth-order valence-electron chi connectivity index (χ4n) is 2.25. The third-order valence-electron chi connectivity index (χ3n) is 3.22. The second-order valence-corrected chi connectivity index (χ2v) is 7.27. The summed E-state index contributed by atoms with van der Waals surface area (Å²) in [6.45, 7) is 1.83. The largest absolute Gasteiger partial charge is 0.322 e. The van der Waals surface area contributed by atoms with Crippen LogP contribution in [0, 0.1) is 2.88 Å². The molecule has 1 aliphatic heterocycles. The number of nitrogens with one attached hydrogen (secondary N) is 2. The molecule has 1 aromatic heterocycles. The van der Waals surface area contributed by atoms with Gasteiger partial charge in [0.1, 0.15) is 0 Å². The summed E-state index contributed by atoms with van der Waals surface area (Å²) in [6.07, 6.45) is 1.02. The highest BCUT2D eigenvalue weighted by Crippen LogP contribution is 2.24. The summed E-state index contributed by atoms with van der Waals surface area (Å²) in [7, 11) is 0. The molecule has 0 spiro atoms. The lowest BCUT2D eigenvalue weighted by molar-refractivity contribution is 0.102. The van der Waals surface area contributed by atoms with Gasteiger partial charge in [-0.1, -0.05) is 12.1 Å². The van der Waals surface area contributed by atoms with E-state index in [1.165, 1.54) is 11.1 Å². The smallest absolute Gasteiger partial charge is 0.256 e. The molecule has 0 unspecified atom stereocenters. The van der Waals surface area contributed by atoms with Crippen LogP contribution in [-0.4, -0.2) is 12.5 Å². The Labute approximate surface area is 129 Å². The van der Waals surface area contributed by atoms with Crippen LogP contribution in [-0.2, 0) is 13.0 Å². The zero-order valence-corrected chi connectivity index (χ0v) is 13.2. The van der Waals surface area contributed by atoms with E-state index in [9.17, 15) is 4.79 Å². The number of benzene rings is 1. The molecule has 2 N–H and O–H groups in total. The van der Waals surface area contributed by atoms with Gasteiger partial charge in [0.05, 0.1) is 8.45 Å². The van der Waals surface area contributed by atoms with Gasteiger partial charge in [-0.15, -0.1) is 11.3 Å². The molecule has 1 aromatic carbocycles. The number of fused-ring (bicyclic) bond motifs is 1. The average Bonchev–Trinajstić information content (AvgIpc) is 2.86. The maximum absolute atomic E-state index is 12.2. The molecule has 2 aromatic rings. The maximum Gasteiger partial charge on any atom is 0.256 e. The van der Waals surface area contributed by atoms with Gasteiger partial charge < -0.3 is 10.6 Å². The van der Waals surface area contributed by atoms with Crippen molar-refractivity contribution in [3.8, 4) is 0 Å². The predicted octanol–water partition coefficient (Wildman–Crippen LogP) is 3.25. The van der Waals surface area contributed by atoms with Crippen LogP contribution >= 0.6 is 33.9 Å². The number of rotatable bonds is 2. The van der Waals surface area contributed by atoms with E-state index in [1.54, 1.807) is 11.3 Å². The number of halogens is 1. The van der Waals surface area contributed by atoms with E-state index in [0.29, 0.717) is 0 Å². The molecule has 0 fully saturated rings. The van der Waals surface area contributed by atoms with Crippen LogP contribution in [0.1, 0.15) is 21.5 Å². The van der Waals surface area contributed by atoms with E-state index in [2.05, 4.69) is 39.3 Å². The molecule has 98 valence electrons. The summed E-state index contributed by atoms with van der Waals surface area (Å²) in [5.74, 6) is -0.0295. The van der Waals surface area contributed by atoms with Crippen LogP contribution < -0.4 is 10.6 Å². The Morgan fingerprint density at radius 1 is 1.42 bits per heavy atom. The zero-order chi connectivity index (χ0) is 13.2. The van der Waals surface area contributed by atoms with Gasteiger partial charge in [0.15, 0.2) is 0 Å². The Hall–Kier alpha value is -0.920. The van der Waals surface area contributed by atoms with E-state index in [-0.39, 0.29) is 5.91 Å². The molecular formula is C14H13IN2OS. The minimum absolute atomic E-state index is 0.0295. The average molecular weight is 384 g/mol. The van der Waals surface area contributed by atoms with Crippen LogP contribution in [0.5, 0.6) is 0 Å². The lowest BCUT2D eigenvalue weighted by atomic mass is 9.99. The minimum atomic E-state index is -0.0295. The van der Waals surface area contributed by atoms with Gasteiger partial charge in [0.2, 0.25) is 0 Å². The minimum Gasteiger partial charge on any atom is -0.322 e. The number of hydrogen-bond acceptors (Lipinski definition) is 3. The molecule has 1 amide bonds. The highest BCUT2D eigenvalue weighted by atomic mass is 127. The van der Waals surface area contributed by atoms with Crippen molar-refractivity contribution in [3.05, 3.63) is 49.2 Å². The van der Waals surface area contributed by atoms with Crippen molar-refractivity contribution in [1.82, 2.24) is 5.32 Å². The third kappa shape index (κ3) is 2.82. The summed E-state index contributed by atoms with van der Waals surface area (Å²) in [6, 6.07) is 8.03. The van der Waals surface area contributed by atoms with E-state index in [0.717, 1.165) is 33.6 Å². The Bertz CT molecular complexity index is 624. The number of hydrogen-bond donors (Lipinski definition) is 2. The van der Waals surface area contributed by atoms with Crippen LogP contribution in [0.25, 0.3) is 0 Å². The van der Waals surface area contributed by atoms with Gasteiger partial charge in [-0.05, 0) is 58.8 Å². The number of amides is 1. The lowest BCUT2D eigenvalue weighted by Crippen LogP contribution is -2.25. The fourth-order valence-corrected chi connectivity index (χ4v) is 3.58. The van der Waals surface area contributed by atoms with Crippen molar-refractivity contribution in [2.45, 2.75) is 13.0 Å². The first-order chi connectivity index (χ1) is 9.24. The third-order valence-corrected chi connectivity index (χ3v) is 5.01.